The molecule has 18 heavy (non-hydrogen) atoms. The van der Waals surface area contributed by atoms with Crippen molar-refractivity contribution in [2.75, 3.05) is 0 Å². The van der Waals surface area contributed by atoms with Crippen molar-refractivity contribution >= 4 is 11.8 Å². The summed E-state index contributed by atoms with van der Waals surface area (Å²) >= 11 is 1.49. The minimum atomic E-state index is 0.191. The Hall–Kier alpha value is -1.33. The van der Waals surface area contributed by atoms with E-state index in [9.17, 15) is 0 Å². The number of hydrogen-bond acceptors (Lipinski definition) is 5. The number of hydrogen-bond donors (Lipinski definition) is 1. The predicted molar refractivity (Wildman–Crippen MR) is 71.6 cm³/mol. The molecule has 0 aliphatic heterocycles. The Balaban J connectivity index is 2.16. The zero-order valence-electron chi connectivity index (χ0n) is 10.6. The van der Waals surface area contributed by atoms with Crippen LogP contribution in [0, 0.1) is 6.92 Å². The van der Waals surface area contributed by atoms with Crippen LogP contribution >= 0.6 is 11.8 Å². The van der Waals surface area contributed by atoms with Crippen LogP contribution in [-0.4, -0.2) is 16.2 Å². The largest absolute Gasteiger partial charge is 0.416 e. The van der Waals surface area contributed by atoms with Crippen molar-refractivity contribution in [3.63, 3.8) is 0 Å². The van der Waals surface area contributed by atoms with E-state index >= 15 is 0 Å². The van der Waals surface area contributed by atoms with Gasteiger partial charge in [0, 0.05) is 17.9 Å². The summed E-state index contributed by atoms with van der Waals surface area (Å²) in [6.45, 7) is 3.89. The van der Waals surface area contributed by atoms with Crippen molar-refractivity contribution in [2.45, 2.75) is 42.8 Å². The molecule has 0 saturated heterocycles. The third-order valence-corrected chi connectivity index (χ3v) is 3.64. The first-order valence-electron chi connectivity index (χ1n) is 6.00. The van der Waals surface area contributed by atoms with Gasteiger partial charge in [0.15, 0.2) is 0 Å². The molecule has 1 unspecified atom stereocenters. The molecule has 0 saturated carbocycles. The van der Waals surface area contributed by atoms with Gasteiger partial charge in [-0.25, -0.2) is 0 Å². The molecule has 2 aromatic rings. The van der Waals surface area contributed by atoms with Crippen molar-refractivity contribution < 1.29 is 4.42 Å². The van der Waals surface area contributed by atoms with E-state index in [1.54, 1.807) is 6.92 Å². The highest BCUT2D eigenvalue weighted by atomic mass is 32.2. The molecule has 1 heterocycles. The monoisotopic (exact) mass is 263 g/mol. The lowest BCUT2D eigenvalue weighted by molar-refractivity contribution is 0.429. The van der Waals surface area contributed by atoms with Crippen LogP contribution < -0.4 is 5.73 Å². The standard InChI is InChI=1S/C13H17N3OS/c1-3-11(14)8-10-6-4-5-7-12(10)18-13-16-15-9(2)17-13/h4-7,11H,3,8,14H2,1-2H3. The Kier molecular flexibility index (Phi) is 4.38. The van der Waals surface area contributed by atoms with Gasteiger partial charge in [-0.1, -0.05) is 25.1 Å². The molecule has 0 aliphatic rings. The topological polar surface area (TPSA) is 64.9 Å². The third-order valence-electron chi connectivity index (χ3n) is 2.68. The van der Waals surface area contributed by atoms with Crippen molar-refractivity contribution in [1.29, 1.82) is 0 Å². The normalized spacial score (nSPS) is 12.6. The van der Waals surface area contributed by atoms with E-state index < -0.39 is 0 Å². The fraction of sp³-hybridized carbons (Fsp3) is 0.385. The number of rotatable bonds is 5. The Bertz CT molecular complexity index is 512. The molecule has 1 aromatic carbocycles. The lowest BCUT2D eigenvalue weighted by atomic mass is 10.1. The summed E-state index contributed by atoms with van der Waals surface area (Å²) in [5, 5.41) is 8.40. The Morgan fingerprint density at radius 3 is 2.78 bits per heavy atom. The maximum Gasteiger partial charge on any atom is 0.281 e. The second-order valence-electron chi connectivity index (χ2n) is 4.17. The first-order chi connectivity index (χ1) is 8.69. The van der Waals surface area contributed by atoms with Gasteiger partial charge in [0.1, 0.15) is 0 Å². The van der Waals surface area contributed by atoms with E-state index in [-0.39, 0.29) is 6.04 Å². The molecule has 0 radical (unpaired) electrons. The second kappa shape index (κ2) is 6.02. The van der Waals surface area contributed by atoms with Crippen LogP contribution in [0.5, 0.6) is 0 Å². The second-order valence-corrected chi connectivity index (χ2v) is 5.16. The molecule has 96 valence electrons. The van der Waals surface area contributed by atoms with Crippen LogP contribution in [0.1, 0.15) is 24.8 Å². The summed E-state index contributed by atoms with van der Waals surface area (Å²) < 4.78 is 5.38. The van der Waals surface area contributed by atoms with Gasteiger partial charge in [0.2, 0.25) is 5.89 Å². The molecule has 0 fully saturated rings. The Morgan fingerprint density at radius 2 is 2.11 bits per heavy atom. The highest BCUT2D eigenvalue weighted by Crippen LogP contribution is 2.30. The zero-order valence-corrected chi connectivity index (χ0v) is 11.4. The number of aryl methyl sites for hydroxylation is 1. The summed E-state index contributed by atoms with van der Waals surface area (Å²) in [7, 11) is 0. The maximum atomic E-state index is 6.01. The SMILES string of the molecule is CCC(N)Cc1ccccc1Sc1nnc(C)o1. The van der Waals surface area contributed by atoms with Crippen molar-refractivity contribution in [1.82, 2.24) is 10.2 Å². The molecule has 1 aromatic heterocycles. The van der Waals surface area contributed by atoms with E-state index in [2.05, 4.69) is 29.3 Å². The lowest BCUT2D eigenvalue weighted by Crippen LogP contribution is -2.21. The van der Waals surface area contributed by atoms with Gasteiger partial charge in [0.05, 0.1) is 0 Å². The van der Waals surface area contributed by atoms with Crippen molar-refractivity contribution in [3.05, 3.63) is 35.7 Å². The molecular weight excluding hydrogens is 246 g/mol. The minimum absolute atomic E-state index is 0.191. The van der Waals surface area contributed by atoms with Crippen LogP contribution in [0.25, 0.3) is 0 Å². The van der Waals surface area contributed by atoms with Crippen LogP contribution in [0.2, 0.25) is 0 Å². The predicted octanol–water partition coefficient (Wildman–Crippen LogP) is 2.81. The van der Waals surface area contributed by atoms with Crippen LogP contribution in [0.15, 0.2) is 38.8 Å². The van der Waals surface area contributed by atoms with Gasteiger partial charge in [-0.3, -0.25) is 0 Å². The molecule has 0 aliphatic carbocycles. The van der Waals surface area contributed by atoms with E-state index in [1.165, 1.54) is 17.3 Å². The van der Waals surface area contributed by atoms with E-state index in [0.717, 1.165) is 17.7 Å². The van der Waals surface area contributed by atoms with Gasteiger partial charge in [0.25, 0.3) is 5.22 Å². The summed E-state index contributed by atoms with van der Waals surface area (Å²) in [6, 6.07) is 8.38. The van der Waals surface area contributed by atoms with Crippen molar-refractivity contribution in [3.8, 4) is 0 Å². The molecular formula is C13H17N3OS. The fourth-order valence-electron chi connectivity index (χ4n) is 1.61. The average Bonchev–Trinajstić information content (AvgIpc) is 2.77. The Labute approximate surface area is 111 Å². The van der Waals surface area contributed by atoms with Gasteiger partial charge in [-0.15, -0.1) is 10.2 Å². The number of nitrogens with zero attached hydrogens (tertiary/aromatic N) is 2. The number of aromatic nitrogens is 2. The molecule has 0 amide bonds. The summed E-state index contributed by atoms with van der Waals surface area (Å²) in [5.41, 5.74) is 7.24. The van der Waals surface area contributed by atoms with Gasteiger partial charge < -0.3 is 10.2 Å². The van der Waals surface area contributed by atoms with Crippen LogP contribution in [0.3, 0.4) is 0 Å². The van der Waals surface area contributed by atoms with Crippen LogP contribution in [0.4, 0.5) is 0 Å². The first-order valence-corrected chi connectivity index (χ1v) is 6.82. The molecule has 0 bridgehead atoms. The molecule has 4 nitrogen and oxygen atoms in total. The zero-order chi connectivity index (χ0) is 13.0. The maximum absolute atomic E-state index is 6.01. The summed E-state index contributed by atoms with van der Waals surface area (Å²) in [6.07, 6.45) is 1.84. The number of benzene rings is 1. The summed E-state index contributed by atoms with van der Waals surface area (Å²) in [5.74, 6) is 0.584. The smallest absolute Gasteiger partial charge is 0.281 e. The quantitative estimate of drug-likeness (QED) is 0.898. The first kappa shape index (κ1) is 13.1. The molecule has 5 heteroatoms. The number of nitrogens with two attached hydrogens (primary N) is 1. The van der Waals surface area contributed by atoms with Gasteiger partial charge in [-0.2, -0.15) is 0 Å². The van der Waals surface area contributed by atoms with E-state index in [4.69, 9.17) is 10.2 Å². The molecule has 1 atom stereocenters. The van der Waals surface area contributed by atoms with Crippen LogP contribution in [-0.2, 0) is 6.42 Å². The highest BCUT2D eigenvalue weighted by molar-refractivity contribution is 7.99. The molecule has 0 spiro atoms. The highest BCUT2D eigenvalue weighted by Gasteiger charge is 2.10. The Morgan fingerprint density at radius 1 is 1.33 bits per heavy atom. The average molecular weight is 263 g/mol. The summed E-state index contributed by atoms with van der Waals surface area (Å²) in [4.78, 5) is 1.13. The van der Waals surface area contributed by atoms with Gasteiger partial charge >= 0.3 is 0 Å². The van der Waals surface area contributed by atoms with E-state index in [0.29, 0.717) is 11.1 Å². The fourth-order valence-corrected chi connectivity index (χ4v) is 2.47. The third kappa shape index (κ3) is 3.34. The van der Waals surface area contributed by atoms with Gasteiger partial charge in [-0.05, 0) is 36.2 Å². The molecule has 2 N–H and O–H groups in total. The van der Waals surface area contributed by atoms with E-state index in [1.807, 2.05) is 12.1 Å². The molecule has 2 rings (SSSR count). The lowest BCUT2D eigenvalue weighted by Gasteiger charge is -2.11. The van der Waals surface area contributed by atoms with Crippen molar-refractivity contribution in [2.24, 2.45) is 5.73 Å². The minimum Gasteiger partial charge on any atom is -0.416 e.